The van der Waals surface area contributed by atoms with Gasteiger partial charge in [-0.1, -0.05) is 69.8 Å². The van der Waals surface area contributed by atoms with Crippen molar-refractivity contribution in [2.75, 3.05) is 13.1 Å². The normalized spacial score (nSPS) is 13.9. The minimum Gasteiger partial charge on any atom is -0.284 e. The topological polar surface area (TPSA) is 24.7 Å². The van der Waals surface area contributed by atoms with Gasteiger partial charge < -0.3 is 0 Å². The number of hydrogen-bond acceptors (Lipinski definition) is 2. The minimum atomic E-state index is 0.901. The van der Waals surface area contributed by atoms with Crippen LogP contribution in [0.1, 0.15) is 66.8 Å². The van der Waals surface area contributed by atoms with Crippen molar-refractivity contribution in [2.24, 2.45) is 9.98 Å². The maximum absolute atomic E-state index is 4.78. The van der Waals surface area contributed by atoms with E-state index >= 15 is 0 Å². The third-order valence-corrected chi connectivity index (χ3v) is 7.33. The van der Waals surface area contributed by atoms with E-state index in [-0.39, 0.29) is 0 Å². The molecule has 0 fully saturated rings. The van der Waals surface area contributed by atoms with Crippen molar-refractivity contribution < 1.29 is 0 Å². The molecular weight excluding hydrogens is 460 g/mol. The summed E-state index contributed by atoms with van der Waals surface area (Å²) in [6, 6.07) is 26.8. The number of benzene rings is 4. The number of fused-ring (bicyclic) bond motifs is 2. The molecule has 6 rings (SSSR count). The lowest BCUT2D eigenvalue weighted by atomic mass is 9.91. The first-order chi connectivity index (χ1) is 18.3. The molecule has 0 bridgehead atoms. The highest BCUT2D eigenvalue weighted by Gasteiger charge is 2.17. The number of aryl methyl sites for hydroxylation is 6. The Morgan fingerprint density at radius 1 is 0.421 bits per heavy atom. The van der Waals surface area contributed by atoms with E-state index in [0.29, 0.717) is 0 Å². The Bertz CT molecular complexity index is 1410. The van der Waals surface area contributed by atoms with Gasteiger partial charge in [-0.2, -0.15) is 0 Å². The van der Waals surface area contributed by atoms with E-state index in [0.717, 1.165) is 37.4 Å². The van der Waals surface area contributed by atoms with E-state index < -0.39 is 0 Å². The zero-order valence-corrected chi connectivity index (χ0v) is 23.7. The monoisotopic (exact) mass is 498 g/mol. The first-order valence-electron chi connectivity index (χ1n) is 13.7. The molecule has 0 unspecified atom stereocenters. The fourth-order valence-electron chi connectivity index (χ4n) is 5.72. The highest BCUT2D eigenvalue weighted by atomic mass is 14.8. The molecule has 38 heavy (non-hydrogen) atoms. The maximum atomic E-state index is 4.78. The van der Waals surface area contributed by atoms with E-state index in [9.17, 15) is 0 Å². The summed E-state index contributed by atoms with van der Waals surface area (Å²) in [6.45, 7) is 14.7. The van der Waals surface area contributed by atoms with Crippen LogP contribution in [0.3, 0.4) is 0 Å². The lowest BCUT2D eigenvalue weighted by Crippen LogP contribution is -2.14. The van der Waals surface area contributed by atoms with Gasteiger partial charge in [0.15, 0.2) is 0 Å². The molecule has 0 amide bonds. The first-order valence-corrected chi connectivity index (χ1v) is 13.7. The van der Waals surface area contributed by atoms with E-state index in [1.54, 1.807) is 0 Å². The summed E-state index contributed by atoms with van der Waals surface area (Å²) < 4.78 is 0. The van der Waals surface area contributed by atoms with E-state index in [1.807, 2.05) is 0 Å². The second-order valence-electron chi connectivity index (χ2n) is 11.0. The van der Waals surface area contributed by atoms with Crippen LogP contribution in [-0.2, 0) is 12.8 Å². The largest absolute Gasteiger partial charge is 0.284 e. The van der Waals surface area contributed by atoms with Gasteiger partial charge in [0, 0.05) is 35.3 Å². The van der Waals surface area contributed by atoms with Gasteiger partial charge in [-0.05, 0) is 102 Å². The fourth-order valence-corrected chi connectivity index (χ4v) is 5.72. The molecule has 0 atom stereocenters. The van der Waals surface area contributed by atoms with Gasteiger partial charge in [-0.15, -0.1) is 0 Å². The highest BCUT2D eigenvalue weighted by molar-refractivity contribution is 6.15. The summed E-state index contributed by atoms with van der Waals surface area (Å²) in [5.41, 5.74) is 18.1. The van der Waals surface area contributed by atoms with Crippen LogP contribution < -0.4 is 0 Å². The van der Waals surface area contributed by atoms with Gasteiger partial charge in [-0.3, -0.25) is 9.98 Å². The Labute approximate surface area is 228 Å². The number of hydrogen-bond donors (Lipinski definition) is 0. The lowest BCUT2D eigenvalue weighted by molar-refractivity contribution is 0.942. The highest BCUT2D eigenvalue weighted by Crippen LogP contribution is 2.24. The molecule has 2 aliphatic heterocycles. The maximum Gasteiger partial charge on any atom is 0.0722 e. The predicted molar refractivity (Wildman–Crippen MR) is 163 cm³/mol. The van der Waals surface area contributed by atoms with Gasteiger partial charge in [0.25, 0.3) is 0 Å². The molecule has 0 aliphatic carbocycles. The van der Waals surface area contributed by atoms with Gasteiger partial charge >= 0.3 is 0 Å². The molecule has 0 N–H and O–H groups in total. The Morgan fingerprint density at radius 3 is 1.16 bits per heavy atom. The molecule has 0 aromatic heterocycles. The summed E-state index contributed by atoms with van der Waals surface area (Å²) in [7, 11) is 0. The second kappa shape index (κ2) is 10.9. The van der Waals surface area contributed by atoms with Crippen LogP contribution in [0.15, 0.2) is 82.8 Å². The van der Waals surface area contributed by atoms with Crippen molar-refractivity contribution in [3.05, 3.63) is 140 Å². The van der Waals surface area contributed by atoms with Gasteiger partial charge in [0.05, 0.1) is 11.4 Å². The third kappa shape index (κ3) is 5.70. The van der Waals surface area contributed by atoms with Crippen LogP contribution in [0.5, 0.6) is 0 Å². The number of rotatable bonds is 2. The average Bonchev–Trinajstić information content (AvgIpc) is 2.87. The van der Waals surface area contributed by atoms with Gasteiger partial charge in [0.2, 0.25) is 0 Å². The van der Waals surface area contributed by atoms with Crippen LogP contribution in [-0.4, -0.2) is 24.5 Å². The molecular formula is C36H38N2. The Kier molecular flexibility index (Phi) is 7.42. The van der Waals surface area contributed by atoms with Crippen molar-refractivity contribution in [1.29, 1.82) is 0 Å². The zero-order chi connectivity index (χ0) is 26.8. The summed E-state index contributed by atoms with van der Waals surface area (Å²) in [4.78, 5) is 9.56. The van der Waals surface area contributed by atoms with E-state index in [2.05, 4.69) is 114 Å². The van der Waals surface area contributed by atoms with Crippen molar-refractivity contribution in [3.8, 4) is 0 Å². The van der Waals surface area contributed by atoms with Crippen LogP contribution in [0.4, 0.5) is 0 Å². The van der Waals surface area contributed by atoms with Crippen LogP contribution in [0, 0.1) is 41.5 Å². The summed E-state index contributed by atoms with van der Waals surface area (Å²) in [6.07, 6.45) is 2.12. The van der Waals surface area contributed by atoms with Crippen molar-refractivity contribution in [2.45, 2.75) is 54.4 Å². The van der Waals surface area contributed by atoms with Crippen molar-refractivity contribution in [3.63, 3.8) is 0 Å². The van der Waals surface area contributed by atoms with Crippen molar-refractivity contribution >= 4 is 11.4 Å². The molecule has 4 aromatic carbocycles. The number of aliphatic imine (C=N–C) groups is 2. The van der Waals surface area contributed by atoms with Crippen LogP contribution in [0.25, 0.3) is 0 Å². The number of nitrogens with zero attached hydrogens (tertiary/aromatic N) is 2. The smallest absolute Gasteiger partial charge is 0.0722 e. The molecule has 0 radical (unpaired) electrons. The second-order valence-corrected chi connectivity index (χ2v) is 11.0. The Balaban J connectivity index is 0.000000155. The van der Waals surface area contributed by atoms with Crippen LogP contribution in [0.2, 0.25) is 0 Å². The van der Waals surface area contributed by atoms with Crippen molar-refractivity contribution in [1.82, 2.24) is 0 Å². The zero-order valence-electron chi connectivity index (χ0n) is 23.7. The molecule has 2 heterocycles. The summed E-state index contributed by atoms with van der Waals surface area (Å²) >= 11 is 0. The summed E-state index contributed by atoms with van der Waals surface area (Å²) in [5.74, 6) is 0. The van der Waals surface area contributed by atoms with Gasteiger partial charge in [0.1, 0.15) is 0 Å². The standard InChI is InChI=1S/2C18H19N/c2*1-12-4-5-15-6-7-19-18(17(15)11-12)16-9-13(2)8-14(3)10-16/h2*4-5,8-11H,6-7H2,1-3H3. The van der Waals surface area contributed by atoms with E-state index in [1.165, 1.54) is 66.8 Å². The van der Waals surface area contributed by atoms with E-state index in [4.69, 9.17) is 9.98 Å². The molecule has 2 aliphatic rings. The molecule has 4 aromatic rings. The molecule has 0 saturated heterocycles. The predicted octanol–water partition coefficient (Wildman–Crippen LogP) is 8.01. The fraction of sp³-hybridized carbons (Fsp3) is 0.278. The Morgan fingerprint density at radius 2 is 0.789 bits per heavy atom. The molecule has 2 heteroatoms. The van der Waals surface area contributed by atoms with Crippen LogP contribution >= 0.6 is 0 Å². The average molecular weight is 499 g/mol. The molecule has 192 valence electrons. The minimum absolute atomic E-state index is 0.901. The molecule has 2 nitrogen and oxygen atoms in total. The first kappa shape index (κ1) is 25.9. The SMILES string of the molecule is Cc1cc(C)cc(C2=NCCc3ccc(C)cc32)c1.Cc1cc(C)cc(C2=NCCc3ccc(C)cc32)c1. The third-order valence-electron chi connectivity index (χ3n) is 7.33. The Hall–Kier alpha value is -3.78. The molecule has 0 saturated carbocycles. The summed E-state index contributed by atoms with van der Waals surface area (Å²) in [5, 5.41) is 0. The quantitative estimate of drug-likeness (QED) is 0.267. The molecule has 0 spiro atoms. The van der Waals surface area contributed by atoms with Gasteiger partial charge in [-0.25, -0.2) is 0 Å². The lowest BCUT2D eigenvalue weighted by Gasteiger charge is -2.18.